The highest BCUT2D eigenvalue weighted by Crippen LogP contribution is 2.21. The average molecular weight is 456 g/mol. The molecule has 7 heteroatoms. The maximum absolute atomic E-state index is 12.0. The third kappa shape index (κ3) is 6.29. The molecule has 150 valence electrons. The summed E-state index contributed by atoms with van der Waals surface area (Å²) in [6, 6.07) is 15.3. The predicted octanol–water partition coefficient (Wildman–Crippen LogP) is 4.49. The van der Waals surface area contributed by atoms with Gasteiger partial charge in [0, 0.05) is 28.6 Å². The van der Waals surface area contributed by atoms with Crippen molar-refractivity contribution in [3.8, 4) is 11.3 Å². The number of carbonyl (C=O) groups excluding carboxylic acids is 2. The molecule has 0 fully saturated rings. The Kier molecular flexibility index (Phi) is 7.19. The summed E-state index contributed by atoms with van der Waals surface area (Å²) in [6.07, 6.45) is 3.14. The topological polar surface area (TPSA) is 84.2 Å². The van der Waals surface area contributed by atoms with Gasteiger partial charge in [0.1, 0.15) is 0 Å². The van der Waals surface area contributed by atoms with Crippen LogP contribution in [0.2, 0.25) is 0 Å². The van der Waals surface area contributed by atoms with Crippen LogP contribution in [0, 0.1) is 6.92 Å². The van der Waals surface area contributed by atoms with Gasteiger partial charge in [-0.2, -0.15) is 0 Å². The summed E-state index contributed by atoms with van der Waals surface area (Å²) in [5, 5.41) is 5.43. The summed E-state index contributed by atoms with van der Waals surface area (Å²) >= 11 is 3.39. The number of carbonyl (C=O) groups is 2. The highest BCUT2D eigenvalue weighted by atomic mass is 79.9. The number of halogens is 1. The van der Waals surface area contributed by atoms with Gasteiger partial charge in [0.15, 0.2) is 11.7 Å². The molecule has 3 rings (SSSR count). The van der Waals surface area contributed by atoms with Gasteiger partial charge >= 0.3 is 0 Å². The standard InChI is InChI=1S/C22H22BrN3O3/c1-15-12-17(23)10-11-18(15)26-21(28)14-24-20(27)8-5-9-22-25-13-19(29-22)16-6-3-2-4-7-16/h2-4,6-7,10-13H,5,8-9,14H2,1H3,(H,24,27)(H,26,28). The molecule has 2 N–H and O–H groups in total. The predicted molar refractivity (Wildman–Crippen MR) is 115 cm³/mol. The van der Waals surface area contributed by atoms with Gasteiger partial charge < -0.3 is 15.1 Å². The van der Waals surface area contributed by atoms with E-state index in [1.54, 1.807) is 6.20 Å². The van der Waals surface area contributed by atoms with Crippen LogP contribution >= 0.6 is 15.9 Å². The van der Waals surface area contributed by atoms with Crippen LogP contribution in [0.4, 0.5) is 5.69 Å². The Labute approximate surface area is 177 Å². The van der Waals surface area contributed by atoms with E-state index in [0.29, 0.717) is 30.9 Å². The first-order chi connectivity index (χ1) is 14.0. The Morgan fingerprint density at radius 3 is 2.66 bits per heavy atom. The van der Waals surface area contributed by atoms with E-state index in [0.717, 1.165) is 21.3 Å². The molecule has 0 aliphatic heterocycles. The lowest BCUT2D eigenvalue weighted by molar-refractivity contribution is -0.124. The maximum atomic E-state index is 12.0. The molecule has 2 amide bonds. The largest absolute Gasteiger partial charge is 0.441 e. The number of oxazole rings is 1. The molecule has 2 aromatic carbocycles. The van der Waals surface area contributed by atoms with Crippen LogP contribution in [-0.2, 0) is 16.0 Å². The number of benzene rings is 2. The molecule has 1 aromatic heterocycles. The molecular formula is C22H22BrN3O3. The molecule has 0 radical (unpaired) electrons. The molecule has 3 aromatic rings. The minimum Gasteiger partial charge on any atom is -0.441 e. The fourth-order valence-electron chi connectivity index (χ4n) is 2.79. The fraction of sp³-hybridized carbons (Fsp3) is 0.227. The first kappa shape index (κ1) is 20.8. The van der Waals surface area contributed by atoms with Gasteiger partial charge in [-0.1, -0.05) is 46.3 Å². The van der Waals surface area contributed by atoms with Crippen molar-refractivity contribution in [3.05, 3.63) is 70.7 Å². The van der Waals surface area contributed by atoms with Crippen molar-refractivity contribution in [2.24, 2.45) is 0 Å². The molecule has 0 aliphatic rings. The van der Waals surface area contributed by atoms with Crippen LogP contribution in [-0.4, -0.2) is 23.3 Å². The second-order valence-corrected chi connectivity index (χ2v) is 7.54. The minimum absolute atomic E-state index is 0.0640. The molecule has 6 nitrogen and oxygen atoms in total. The van der Waals surface area contributed by atoms with E-state index >= 15 is 0 Å². The Morgan fingerprint density at radius 2 is 1.90 bits per heavy atom. The Hall–Kier alpha value is -2.93. The van der Waals surface area contributed by atoms with E-state index in [9.17, 15) is 9.59 Å². The van der Waals surface area contributed by atoms with Gasteiger partial charge in [-0.3, -0.25) is 9.59 Å². The molecule has 0 aliphatic carbocycles. The van der Waals surface area contributed by atoms with Crippen LogP contribution in [0.15, 0.2) is 63.6 Å². The van der Waals surface area contributed by atoms with Crippen LogP contribution < -0.4 is 10.6 Å². The van der Waals surface area contributed by atoms with Crippen molar-refractivity contribution in [1.29, 1.82) is 0 Å². The van der Waals surface area contributed by atoms with Gasteiger partial charge in [-0.05, 0) is 37.1 Å². The lowest BCUT2D eigenvalue weighted by Gasteiger charge is -2.09. The van der Waals surface area contributed by atoms with Crippen molar-refractivity contribution in [2.75, 3.05) is 11.9 Å². The lowest BCUT2D eigenvalue weighted by Crippen LogP contribution is -2.32. The monoisotopic (exact) mass is 455 g/mol. The first-order valence-corrected chi connectivity index (χ1v) is 10.1. The number of anilines is 1. The molecule has 0 saturated carbocycles. The second kappa shape index (κ2) is 10.0. The Balaban J connectivity index is 1.38. The number of hydrogen-bond donors (Lipinski definition) is 2. The SMILES string of the molecule is Cc1cc(Br)ccc1NC(=O)CNC(=O)CCCc1ncc(-c2ccccc2)o1. The first-order valence-electron chi connectivity index (χ1n) is 9.34. The van der Waals surface area contributed by atoms with Gasteiger partial charge in [0.25, 0.3) is 0 Å². The number of rotatable bonds is 8. The average Bonchev–Trinajstić information content (AvgIpc) is 3.18. The number of amides is 2. The summed E-state index contributed by atoms with van der Waals surface area (Å²) in [6.45, 7) is 1.84. The summed E-state index contributed by atoms with van der Waals surface area (Å²) < 4.78 is 6.67. The third-order valence-electron chi connectivity index (χ3n) is 4.32. The second-order valence-electron chi connectivity index (χ2n) is 6.62. The number of aromatic nitrogens is 1. The summed E-state index contributed by atoms with van der Waals surface area (Å²) in [5.74, 6) is 0.872. The van der Waals surface area contributed by atoms with E-state index < -0.39 is 0 Å². The maximum Gasteiger partial charge on any atom is 0.243 e. The summed E-state index contributed by atoms with van der Waals surface area (Å²) in [7, 11) is 0. The molecule has 0 bridgehead atoms. The normalized spacial score (nSPS) is 10.6. The highest BCUT2D eigenvalue weighted by Gasteiger charge is 2.10. The number of aryl methyl sites for hydroxylation is 2. The van der Waals surface area contributed by atoms with Gasteiger partial charge in [0.05, 0.1) is 12.7 Å². The fourth-order valence-corrected chi connectivity index (χ4v) is 3.27. The third-order valence-corrected chi connectivity index (χ3v) is 4.81. The number of nitrogens with one attached hydrogen (secondary N) is 2. The molecule has 0 unspecified atom stereocenters. The zero-order valence-corrected chi connectivity index (χ0v) is 17.7. The van der Waals surface area contributed by atoms with E-state index in [-0.39, 0.29) is 18.4 Å². The van der Waals surface area contributed by atoms with Gasteiger partial charge in [0.2, 0.25) is 11.8 Å². The zero-order valence-electron chi connectivity index (χ0n) is 16.1. The molecular weight excluding hydrogens is 434 g/mol. The van der Waals surface area contributed by atoms with Crippen molar-refractivity contribution < 1.29 is 14.0 Å². The highest BCUT2D eigenvalue weighted by molar-refractivity contribution is 9.10. The van der Waals surface area contributed by atoms with Crippen molar-refractivity contribution in [1.82, 2.24) is 10.3 Å². The quantitative estimate of drug-likeness (QED) is 0.523. The lowest BCUT2D eigenvalue weighted by atomic mass is 10.2. The van der Waals surface area contributed by atoms with Gasteiger partial charge in [-0.15, -0.1) is 0 Å². The van der Waals surface area contributed by atoms with Crippen LogP contribution in [0.3, 0.4) is 0 Å². The summed E-state index contributed by atoms with van der Waals surface area (Å²) in [4.78, 5) is 28.3. The number of nitrogens with zero attached hydrogens (tertiary/aromatic N) is 1. The Morgan fingerprint density at radius 1 is 1.10 bits per heavy atom. The minimum atomic E-state index is -0.260. The van der Waals surface area contributed by atoms with E-state index in [1.807, 2.05) is 55.5 Å². The van der Waals surface area contributed by atoms with E-state index in [2.05, 4.69) is 31.5 Å². The number of hydrogen-bond acceptors (Lipinski definition) is 4. The molecule has 0 saturated heterocycles. The smallest absolute Gasteiger partial charge is 0.243 e. The van der Waals surface area contributed by atoms with Crippen molar-refractivity contribution in [2.45, 2.75) is 26.2 Å². The summed E-state index contributed by atoms with van der Waals surface area (Å²) in [5.41, 5.74) is 2.64. The Bertz CT molecular complexity index is 986. The molecule has 0 spiro atoms. The van der Waals surface area contributed by atoms with Crippen LogP contribution in [0.5, 0.6) is 0 Å². The van der Waals surface area contributed by atoms with Crippen LogP contribution in [0.1, 0.15) is 24.3 Å². The van der Waals surface area contributed by atoms with E-state index in [1.165, 1.54) is 0 Å². The van der Waals surface area contributed by atoms with Crippen molar-refractivity contribution >= 4 is 33.4 Å². The zero-order chi connectivity index (χ0) is 20.6. The molecule has 1 heterocycles. The van der Waals surface area contributed by atoms with E-state index in [4.69, 9.17) is 4.42 Å². The molecule has 29 heavy (non-hydrogen) atoms. The van der Waals surface area contributed by atoms with Crippen LogP contribution in [0.25, 0.3) is 11.3 Å². The van der Waals surface area contributed by atoms with Crippen molar-refractivity contribution in [3.63, 3.8) is 0 Å². The molecule has 0 atom stereocenters. The van der Waals surface area contributed by atoms with Gasteiger partial charge in [-0.25, -0.2) is 4.98 Å².